The number of aromatic nitrogens is 2. The van der Waals surface area contributed by atoms with Gasteiger partial charge in [0, 0.05) is 19.7 Å². The Bertz CT molecular complexity index is 393. The highest BCUT2D eigenvalue weighted by molar-refractivity contribution is 5.78. The van der Waals surface area contributed by atoms with E-state index in [0.717, 1.165) is 0 Å². The van der Waals surface area contributed by atoms with Crippen molar-refractivity contribution in [2.24, 2.45) is 5.73 Å². The number of hydrogen-bond donors (Lipinski definition) is 2. The van der Waals surface area contributed by atoms with Gasteiger partial charge in [0.2, 0.25) is 11.8 Å². The Hall–Kier alpha value is -1.67. The molecule has 0 radical (unpaired) electrons. The van der Waals surface area contributed by atoms with Crippen LogP contribution in [0.4, 0.5) is 6.01 Å². The molecule has 0 fully saturated rings. The van der Waals surface area contributed by atoms with E-state index in [0.29, 0.717) is 31.6 Å². The summed E-state index contributed by atoms with van der Waals surface area (Å²) in [6, 6.07) is 0.347. The van der Waals surface area contributed by atoms with Crippen molar-refractivity contribution >= 4 is 11.9 Å². The minimum absolute atomic E-state index is 0.0438. The van der Waals surface area contributed by atoms with Crippen molar-refractivity contribution in [1.29, 1.82) is 0 Å². The largest absolute Gasteiger partial charge is 0.407 e. The second kappa shape index (κ2) is 7.70. The van der Waals surface area contributed by atoms with Crippen molar-refractivity contribution in [1.82, 2.24) is 15.5 Å². The lowest BCUT2D eigenvalue weighted by Crippen LogP contribution is -2.38. The fourth-order valence-electron chi connectivity index (χ4n) is 1.44. The van der Waals surface area contributed by atoms with E-state index in [2.05, 4.69) is 15.5 Å². The minimum Gasteiger partial charge on any atom is -0.407 e. The van der Waals surface area contributed by atoms with Crippen LogP contribution in [0.15, 0.2) is 4.42 Å². The standard InChI is InChI=1S/C11H21N5O3/c1-8(2)16(7-9(12)17)11-15-14-10(19-11)6-13-4-5-18-3/h8,13H,4-7H2,1-3H3,(H2,12,17). The molecule has 0 saturated heterocycles. The Kier molecular flexibility index (Phi) is 6.23. The molecule has 0 saturated carbocycles. The van der Waals surface area contributed by atoms with Gasteiger partial charge in [-0.1, -0.05) is 5.10 Å². The summed E-state index contributed by atoms with van der Waals surface area (Å²) in [6.45, 7) is 5.66. The zero-order chi connectivity index (χ0) is 14.3. The number of amides is 1. The first-order valence-electron chi connectivity index (χ1n) is 6.11. The van der Waals surface area contributed by atoms with Gasteiger partial charge in [-0.05, 0) is 13.8 Å². The number of anilines is 1. The van der Waals surface area contributed by atoms with Crippen molar-refractivity contribution in [2.45, 2.75) is 26.4 Å². The van der Waals surface area contributed by atoms with Crippen molar-refractivity contribution < 1.29 is 13.9 Å². The fraction of sp³-hybridized carbons (Fsp3) is 0.727. The van der Waals surface area contributed by atoms with E-state index in [1.165, 1.54) is 0 Å². The molecule has 0 aromatic carbocycles. The predicted molar refractivity (Wildman–Crippen MR) is 69.6 cm³/mol. The summed E-state index contributed by atoms with van der Waals surface area (Å²) in [6.07, 6.45) is 0. The molecule has 1 aromatic rings. The highest BCUT2D eigenvalue weighted by Crippen LogP contribution is 2.14. The maximum atomic E-state index is 11.0. The summed E-state index contributed by atoms with van der Waals surface area (Å²) >= 11 is 0. The summed E-state index contributed by atoms with van der Waals surface area (Å²) in [5.74, 6) is 0.0212. The van der Waals surface area contributed by atoms with Crippen LogP contribution in [0, 0.1) is 0 Å². The summed E-state index contributed by atoms with van der Waals surface area (Å²) < 4.78 is 10.4. The Balaban J connectivity index is 2.57. The smallest absolute Gasteiger partial charge is 0.318 e. The third-order valence-electron chi connectivity index (χ3n) is 2.41. The normalized spacial score (nSPS) is 10.9. The summed E-state index contributed by atoms with van der Waals surface area (Å²) in [4.78, 5) is 12.7. The molecule has 8 heteroatoms. The summed E-state index contributed by atoms with van der Waals surface area (Å²) in [5, 5.41) is 10.9. The molecule has 8 nitrogen and oxygen atoms in total. The van der Waals surface area contributed by atoms with Gasteiger partial charge < -0.3 is 25.1 Å². The van der Waals surface area contributed by atoms with E-state index in [4.69, 9.17) is 14.9 Å². The first-order chi connectivity index (χ1) is 9.04. The Morgan fingerprint density at radius 1 is 1.53 bits per heavy atom. The van der Waals surface area contributed by atoms with Crippen LogP contribution in [0.1, 0.15) is 19.7 Å². The zero-order valence-corrected chi connectivity index (χ0v) is 11.5. The highest BCUT2D eigenvalue weighted by atomic mass is 16.5. The molecule has 0 atom stereocenters. The van der Waals surface area contributed by atoms with Gasteiger partial charge in [0.25, 0.3) is 0 Å². The fourth-order valence-corrected chi connectivity index (χ4v) is 1.44. The predicted octanol–water partition coefficient (Wildman–Crippen LogP) is -0.494. The summed E-state index contributed by atoms with van der Waals surface area (Å²) in [7, 11) is 1.64. The summed E-state index contributed by atoms with van der Waals surface area (Å²) in [5.41, 5.74) is 5.19. The lowest BCUT2D eigenvalue weighted by molar-refractivity contribution is -0.116. The average molecular weight is 271 g/mol. The zero-order valence-electron chi connectivity index (χ0n) is 11.5. The molecular weight excluding hydrogens is 250 g/mol. The van der Waals surface area contributed by atoms with Gasteiger partial charge in [-0.15, -0.1) is 5.10 Å². The monoisotopic (exact) mass is 271 g/mol. The molecule has 1 aromatic heterocycles. The van der Waals surface area contributed by atoms with Crippen molar-refractivity contribution in [3.05, 3.63) is 5.89 Å². The molecule has 0 unspecified atom stereocenters. The lowest BCUT2D eigenvalue weighted by Gasteiger charge is -2.22. The molecule has 1 rings (SSSR count). The van der Waals surface area contributed by atoms with Crippen LogP contribution in [-0.2, 0) is 16.1 Å². The number of primary amides is 1. The maximum absolute atomic E-state index is 11.0. The molecule has 1 heterocycles. The number of rotatable bonds is 9. The van der Waals surface area contributed by atoms with Crippen LogP contribution < -0.4 is 16.0 Å². The number of methoxy groups -OCH3 is 1. The molecule has 0 aliphatic heterocycles. The molecule has 0 bridgehead atoms. The molecule has 1 amide bonds. The van der Waals surface area contributed by atoms with Crippen LogP contribution in [-0.4, -0.2) is 49.0 Å². The van der Waals surface area contributed by atoms with Crippen LogP contribution in [0.3, 0.4) is 0 Å². The van der Waals surface area contributed by atoms with Gasteiger partial charge in [-0.2, -0.15) is 0 Å². The molecule has 19 heavy (non-hydrogen) atoms. The Morgan fingerprint density at radius 3 is 2.84 bits per heavy atom. The van der Waals surface area contributed by atoms with E-state index >= 15 is 0 Å². The van der Waals surface area contributed by atoms with Gasteiger partial charge >= 0.3 is 6.01 Å². The third-order valence-corrected chi connectivity index (χ3v) is 2.41. The first-order valence-corrected chi connectivity index (χ1v) is 6.11. The number of hydrogen-bond acceptors (Lipinski definition) is 7. The van der Waals surface area contributed by atoms with Crippen LogP contribution in [0.2, 0.25) is 0 Å². The molecule has 0 spiro atoms. The first kappa shape index (κ1) is 15.4. The second-order valence-corrected chi connectivity index (χ2v) is 4.34. The van der Waals surface area contributed by atoms with Gasteiger partial charge in [0.1, 0.15) is 6.54 Å². The number of carbonyl (C=O) groups is 1. The quantitative estimate of drug-likeness (QED) is 0.583. The molecule has 0 aliphatic rings. The number of nitrogens with two attached hydrogens (primary N) is 1. The minimum atomic E-state index is -0.438. The third kappa shape index (κ3) is 5.23. The SMILES string of the molecule is COCCNCc1nnc(N(CC(N)=O)C(C)C)o1. The Morgan fingerprint density at radius 2 is 2.26 bits per heavy atom. The topological polar surface area (TPSA) is 107 Å². The Labute approximate surface area is 112 Å². The van der Waals surface area contributed by atoms with Crippen molar-refractivity contribution in [3.63, 3.8) is 0 Å². The average Bonchev–Trinajstić information content (AvgIpc) is 2.79. The number of nitrogens with zero attached hydrogens (tertiary/aromatic N) is 3. The van der Waals surface area contributed by atoms with Crippen LogP contribution in [0.25, 0.3) is 0 Å². The second-order valence-electron chi connectivity index (χ2n) is 4.34. The van der Waals surface area contributed by atoms with Gasteiger partial charge in [-0.25, -0.2) is 0 Å². The van der Waals surface area contributed by atoms with Crippen molar-refractivity contribution in [3.8, 4) is 0 Å². The van der Waals surface area contributed by atoms with Crippen LogP contribution in [0.5, 0.6) is 0 Å². The van der Waals surface area contributed by atoms with Gasteiger partial charge in [-0.3, -0.25) is 4.79 Å². The van der Waals surface area contributed by atoms with Crippen molar-refractivity contribution in [2.75, 3.05) is 31.7 Å². The highest BCUT2D eigenvalue weighted by Gasteiger charge is 2.19. The molecule has 0 aliphatic carbocycles. The van der Waals surface area contributed by atoms with Crippen LogP contribution >= 0.6 is 0 Å². The molecule has 3 N–H and O–H groups in total. The number of ether oxygens (including phenoxy) is 1. The van der Waals surface area contributed by atoms with Gasteiger partial charge in [0.05, 0.1) is 13.2 Å². The molecular formula is C11H21N5O3. The number of nitrogens with one attached hydrogen (secondary N) is 1. The maximum Gasteiger partial charge on any atom is 0.318 e. The van der Waals surface area contributed by atoms with E-state index in [-0.39, 0.29) is 12.6 Å². The van der Waals surface area contributed by atoms with E-state index in [1.807, 2.05) is 13.8 Å². The van der Waals surface area contributed by atoms with Gasteiger partial charge in [0.15, 0.2) is 0 Å². The molecule has 108 valence electrons. The lowest BCUT2D eigenvalue weighted by atomic mass is 10.3. The number of carbonyl (C=O) groups excluding carboxylic acids is 1. The van der Waals surface area contributed by atoms with E-state index < -0.39 is 5.91 Å². The van der Waals surface area contributed by atoms with E-state index in [1.54, 1.807) is 12.0 Å². The van der Waals surface area contributed by atoms with E-state index in [9.17, 15) is 4.79 Å².